The SMILES string of the molecule is CCn1cc(-c2ccnc3c(C(=O)Nc4cnn(C)c4C(=O)NCc4cnn(C)c4)cnn23)c(C)n1. The molecule has 0 fully saturated rings. The number of hydrogen-bond donors (Lipinski definition) is 2. The first kappa shape index (κ1) is 23.0. The Balaban J connectivity index is 1.40. The number of amides is 2. The van der Waals surface area contributed by atoms with E-state index in [4.69, 9.17) is 0 Å². The molecule has 0 aromatic carbocycles. The molecule has 5 aromatic rings. The Hall–Kier alpha value is -4.81. The van der Waals surface area contributed by atoms with Crippen LogP contribution in [-0.4, -0.2) is 55.8 Å². The molecule has 2 N–H and O–H groups in total. The van der Waals surface area contributed by atoms with Gasteiger partial charge in [-0.3, -0.25) is 23.6 Å². The maximum Gasteiger partial charge on any atom is 0.271 e. The second-order valence-corrected chi connectivity index (χ2v) is 8.30. The van der Waals surface area contributed by atoms with Crippen molar-refractivity contribution in [2.75, 3.05) is 5.32 Å². The van der Waals surface area contributed by atoms with Gasteiger partial charge in [-0.2, -0.15) is 20.4 Å². The molecule has 184 valence electrons. The average Bonchev–Trinajstić information content (AvgIpc) is 3.64. The van der Waals surface area contributed by atoms with Gasteiger partial charge >= 0.3 is 0 Å². The number of nitrogens with one attached hydrogen (secondary N) is 2. The Morgan fingerprint density at radius 1 is 1.03 bits per heavy atom. The topological polar surface area (TPSA) is 142 Å². The molecule has 0 saturated carbocycles. The minimum Gasteiger partial charge on any atom is -0.346 e. The summed E-state index contributed by atoms with van der Waals surface area (Å²) < 4.78 is 6.53. The second-order valence-electron chi connectivity index (χ2n) is 8.30. The smallest absolute Gasteiger partial charge is 0.271 e. The number of fused-ring (bicyclic) bond motifs is 1. The van der Waals surface area contributed by atoms with Crippen LogP contribution < -0.4 is 10.6 Å². The van der Waals surface area contributed by atoms with E-state index >= 15 is 0 Å². The maximum absolute atomic E-state index is 13.2. The van der Waals surface area contributed by atoms with E-state index in [9.17, 15) is 9.59 Å². The van der Waals surface area contributed by atoms with E-state index < -0.39 is 5.91 Å². The minimum atomic E-state index is -0.454. The summed E-state index contributed by atoms with van der Waals surface area (Å²) in [5.74, 6) is -0.831. The van der Waals surface area contributed by atoms with E-state index in [2.05, 4.69) is 36.0 Å². The summed E-state index contributed by atoms with van der Waals surface area (Å²) >= 11 is 0. The Labute approximate surface area is 205 Å². The summed E-state index contributed by atoms with van der Waals surface area (Å²) in [5.41, 5.74) is 4.53. The molecular formula is C23H25N11O2. The van der Waals surface area contributed by atoms with Gasteiger partial charge in [-0.25, -0.2) is 9.50 Å². The van der Waals surface area contributed by atoms with Crippen LogP contribution in [0.5, 0.6) is 0 Å². The van der Waals surface area contributed by atoms with Crippen molar-refractivity contribution in [1.29, 1.82) is 0 Å². The van der Waals surface area contributed by atoms with E-state index in [1.165, 1.54) is 17.1 Å². The first-order valence-electron chi connectivity index (χ1n) is 11.3. The normalized spacial score (nSPS) is 11.2. The van der Waals surface area contributed by atoms with Crippen molar-refractivity contribution >= 4 is 23.1 Å². The van der Waals surface area contributed by atoms with E-state index in [-0.39, 0.29) is 22.9 Å². The third kappa shape index (κ3) is 4.10. The number of carbonyl (C=O) groups excluding carboxylic acids is 2. The molecule has 0 spiro atoms. The molecule has 36 heavy (non-hydrogen) atoms. The van der Waals surface area contributed by atoms with Gasteiger partial charge in [-0.05, 0) is 19.9 Å². The van der Waals surface area contributed by atoms with Crippen molar-refractivity contribution in [2.45, 2.75) is 26.9 Å². The molecule has 0 aliphatic rings. The van der Waals surface area contributed by atoms with Crippen LogP contribution in [-0.2, 0) is 27.2 Å². The van der Waals surface area contributed by atoms with Gasteiger partial charge in [0.05, 0.1) is 35.7 Å². The molecule has 13 heteroatoms. The molecule has 5 rings (SSSR count). The standard InChI is InChI=1S/C23H25N11O2/c1-5-33-13-17(14(2)30-33)19-6-7-24-21-16(10-28-34(19)21)22(35)29-18-11-27-32(4)20(18)23(36)25-8-15-9-26-31(3)12-15/h6-7,9-13H,5,8H2,1-4H3,(H,25,36)(H,29,35). The van der Waals surface area contributed by atoms with Crippen LogP contribution in [0.1, 0.15) is 39.0 Å². The van der Waals surface area contributed by atoms with Crippen molar-refractivity contribution < 1.29 is 9.59 Å². The highest BCUT2D eigenvalue weighted by atomic mass is 16.2. The molecule has 0 bridgehead atoms. The molecule has 0 radical (unpaired) electrons. The van der Waals surface area contributed by atoms with Gasteiger partial charge in [0.25, 0.3) is 11.8 Å². The first-order valence-corrected chi connectivity index (χ1v) is 11.3. The largest absolute Gasteiger partial charge is 0.346 e. The molecule has 0 aliphatic heterocycles. The lowest BCUT2D eigenvalue weighted by Crippen LogP contribution is -2.26. The van der Waals surface area contributed by atoms with Crippen LogP contribution in [0.4, 0.5) is 5.69 Å². The van der Waals surface area contributed by atoms with Gasteiger partial charge in [0, 0.05) is 56.9 Å². The Bertz CT molecular complexity index is 1590. The van der Waals surface area contributed by atoms with Gasteiger partial charge in [-0.1, -0.05) is 0 Å². The number of aromatic nitrogens is 9. The predicted octanol–water partition coefficient (Wildman–Crippen LogP) is 1.57. The zero-order chi connectivity index (χ0) is 25.4. The predicted molar refractivity (Wildman–Crippen MR) is 130 cm³/mol. The molecule has 5 heterocycles. The number of aryl methyl sites for hydroxylation is 4. The van der Waals surface area contributed by atoms with Crippen LogP contribution in [0.3, 0.4) is 0 Å². The lowest BCUT2D eigenvalue weighted by Gasteiger charge is -2.08. The van der Waals surface area contributed by atoms with Gasteiger partial charge in [0.2, 0.25) is 0 Å². The Morgan fingerprint density at radius 3 is 2.58 bits per heavy atom. The lowest BCUT2D eigenvalue weighted by molar-refractivity contribution is 0.0942. The molecule has 13 nitrogen and oxygen atoms in total. The van der Waals surface area contributed by atoms with E-state index in [0.29, 0.717) is 12.2 Å². The summed E-state index contributed by atoms with van der Waals surface area (Å²) in [5, 5.41) is 22.8. The molecule has 0 unspecified atom stereocenters. The lowest BCUT2D eigenvalue weighted by atomic mass is 10.2. The summed E-state index contributed by atoms with van der Waals surface area (Å²) in [6.07, 6.45) is 9.95. The summed E-state index contributed by atoms with van der Waals surface area (Å²) in [7, 11) is 3.44. The summed E-state index contributed by atoms with van der Waals surface area (Å²) in [4.78, 5) is 30.5. The Kier molecular flexibility index (Phi) is 5.80. The molecule has 0 atom stereocenters. The highest BCUT2D eigenvalue weighted by Gasteiger charge is 2.22. The molecule has 5 aromatic heterocycles. The third-order valence-corrected chi connectivity index (χ3v) is 5.81. The van der Waals surface area contributed by atoms with Crippen molar-refractivity contribution in [3.05, 3.63) is 65.8 Å². The minimum absolute atomic E-state index is 0.222. The summed E-state index contributed by atoms with van der Waals surface area (Å²) in [6, 6.07) is 1.83. The van der Waals surface area contributed by atoms with Crippen molar-refractivity contribution in [1.82, 2.24) is 49.3 Å². The number of anilines is 1. The van der Waals surface area contributed by atoms with E-state index in [1.807, 2.05) is 37.0 Å². The van der Waals surface area contributed by atoms with Crippen molar-refractivity contribution in [3.63, 3.8) is 0 Å². The van der Waals surface area contributed by atoms with Gasteiger partial charge in [0.15, 0.2) is 5.65 Å². The third-order valence-electron chi connectivity index (χ3n) is 5.81. The van der Waals surface area contributed by atoms with Crippen LogP contribution >= 0.6 is 0 Å². The van der Waals surface area contributed by atoms with Gasteiger partial charge in [-0.15, -0.1) is 0 Å². The molecule has 2 amide bonds. The number of nitrogens with zero attached hydrogens (tertiary/aromatic N) is 9. The fraction of sp³-hybridized carbons (Fsp3) is 0.261. The number of hydrogen-bond acceptors (Lipinski definition) is 7. The van der Waals surface area contributed by atoms with Crippen molar-refractivity contribution in [2.24, 2.45) is 14.1 Å². The zero-order valence-corrected chi connectivity index (χ0v) is 20.3. The highest BCUT2D eigenvalue weighted by Crippen LogP contribution is 2.24. The Morgan fingerprint density at radius 2 is 1.86 bits per heavy atom. The monoisotopic (exact) mass is 487 g/mol. The second kappa shape index (κ2) is 9.09. The number of rotatable bonds is 7. The highest BCUT2D eigenvalue weighted by molar-refractivity contribution is 6.11. The average molecular weight is 488 g/mol. The molecule has 0 aliphatic carbocycles. The van der Waals surface area contributed by atoms with E-state index in [0.717, 1.165) is 29.1 Å². The molecule has 0 saturated heterocycles. The quantitative estimate of drug-likeness (QED) is 0.355. The van der Waals surface area contributed by atoms with Gasteiger partial charge < -0.3 is 10.6 Å². The fourth-order valence-corrected chi connectivity index (χ4v) is 4.00. The zero-order valence-electron chi connectivity index (χ0n) is 20.3. The summed E-state index contributed by atoms with van der Waals surface area (Å²) in [6.45, 7) is 4.97. The van der Waals surface area contributed by atoms with E-state index in [1.54, 1.807) is 35.7 Å². The van der Waals surface area contributed by atoms with Gasteiger partial charge in [0.1, 0.15) is 11.3 Å². The van der Waals surface area contributed by atoms with Crippen LogP contribution in [0.2, 0.25) is 0 Å². The van der Waals surface area contributed by atoms with Crippen LogP contribution in [0.25, 0.3) is 16.9 Å². The maximum atomic E-state index is 13.2. The number of carbonyl (C=O) groups is 2. The molecular weight excluding hydrogens is 462 g/mol. The van der Waals surface area contributed by atoms with Crippen LogP contribution in [0, 0.1) is 6.92 Å². The fourth-order valence-electron chi connectivity index (χ4n) is 4.00. The first-order chi connectivity index (χ1) is 17.4. The van der Waals surface area contributed by atoms with Crippen LogP contribution in [0.15, 0.2) is 43.2 Å². The van der Waals surface area contributed by atoms with Crippen molar-refractivity contribution in [3.8, 4) is 11.3 Å².